The van der Waals surface area contributed by atoms with E-state index in [-0.39, 0.29) is 24.0 Å². The van der Waals surface area contributed by atoms with Crippen LogP contribution in [-0.2, 0) is 0 Å². The van der Waals surface area contributed by atoms with Crippen molar-refractivity contribution in [1.82, 2.24) is 15.5 Å². The molecule has 0 radical (unpaired) electrons. The van der Waals surface area contributed by atoms with Gasteiger partial charge in [0.2, 0.25) is 0 Å². The Kier molecular flexibility index (Phi) is 9.65. The highest BCUT2D eigenvalue weighted by molar-refractivity contribution is 14.0. The largest absolute Gasteiger partial charge is 0.368 e. The Labute approximate surface area is 189 Å². The summed E-state index contributed by atoms with van der Waals surface area (Å²) in [5.74, 6) is 1.67. The minimum Gasteiger partial charge on any atom is -0.368 e. The fourth-order valence-electron chi connectivity index (χ4n) is 4.04. The molecule has 0 bridgehead atoms. The van der Waals surface area contributed by atoms with Crippen molar-refractivity contribution in [1.29, 1.82) is 0 Å². The number of likely N-dealkylation sites (tertiary alicyclic amines) is 1. The first kappa shape index (κ1) is 22.7. The third-order valence-electron chi connectivity index (χ3n) is 5.55. The lowest BCUT2D eigenvalue weighted by Gasteiger charge is -2.32. The van der Waals surface area contributed by atoms with Crippen molar-refractivity contribution in [2.75, 3.05) is 51.2 Å². The molecule has 0 aliphatic carbocycles. The molecule has 0 amide bonds. The van der Waals surface area contributed by atoms with Crippen molar-refractivity contribution in [3.8, 4) is 0 Å². The van der Waals surface area contributed by atoms with Gasteiger partial charge in [-0.2, -0.15) is 0 Å². The Morgan fingerprint density at radius 1 is 1.22 bits per heavy atom. The number of piperidine rings is 1. The SMILES string of the molecule is CCN1CCCC(CNC(=NC)NC2CCN(c3ccccc3Br)C2)C1.I. The van der Waals surface area contributed by atoms with Gasteiger partial charge in [0, 0.05) is 43.7 Å². The molecule has 1 aromatic rings. The highest BCUT2D eigenvalue weighted by Crippen LogP contribution is 2.28. The van der Waals surface area contributed by atoms with Gasteiger partial charge in [-0.05, 0) is 66.3 Å². The first-order valence-corrected chi connectivity index (χ1v) is 10.7. The van der Waals surface area contributed by atoms with Crippen LogP contribution in [0.1, 0.15) is 26.2 Å². The Hall–Kier alpha value is -0.540. The quantitative estimate of drug-likeness (QED) is 0.335. The van der Waals surface area contributed by atoms with Gasteiger partial charge < -0.3 is 20.4 Å². The third-order valence-corrected chi connectivity index (χ3v) is 6.22. The second-order valence-corrected chi connectivity index (χ2v) is 8.24. The number of hydrogen-bond acceptors (Lipinski definition) is 3. The first-order chi connectivity index (χ1) is 12.7. The number of rotatable bonds is 5. The van der Waals surface area contributed by atoms with Crippen molar-refractivity contribution in [3.05, 3.63) is 28.7 Å². The molecule has 2 aliphatic heterocycles. The number of guanidine groups is 1. The summed E-state index contributed by atoms with van der Waals surface area (Å²) >= 11 is 3.67. The van der Waals surface area contributed by atoms with Crippen LogP contribution in [0.5, 0.6) is 0 Å². The Balaban J connectivity index is 0.00000261. The molecule has 0 spiro atoms. The zero-order valence-corrected chi connectivity index (χ0v) is 20.4. The molecule has 7 heteroatoms. The van der Waals surface area contributed by atoms with Gasteiger partial charge in [-0.15, -0.1) is 24.0 Å². The van der Waals surface area contributed by atoms with Crippen molar-refractivity contribution in [3.63, 3.8) is 0 Å². The van der Waals surface area contributed by atoms with E-state index in [4.69, 9.17) is 0 Å². The minimum absolute atomic E-state index is 0. The van der Waals surface area contributed by atoms with Crippen LogP contribution >= 0.6 is 39.9 Å². The molecular formula is C20H33BrIN5. The van der Waals surface area contributed by atoms with Gasteiger partial charge in [-0.25, -0.2) is 0 Å². The molecule has 5 nitrogen and oxygen atoms in total. The van der Waals surface area contributed by atoms with Gasteiger partial charge in [0.1, 0.15) is 0 Å². The van der Waals surface area contributed by atoms with E-state index >= 15 is 0 Å². The number of nitrogens with zero attached hydrogens (tertiary/aromatic N) is 3. The average Bonchev–Trinajstić information content (AvgIpc) is 3.14. The second kappa shape index (κ2) is 11.5. The van der Waals surface area contributed by atoms with E-state index in [0.29, 0.717) is 6.04 Å². The predicted octanol–water partition coefficient (Wildman–Crippen LogP) is 3.54. The summed E-state index contributed by atoms with van der Waals surface area (Å²) in [6.07, 6.45) is 3.77. The molecule has 0 aromatic heterocycles. The molecule has 0 saturated carbocycles. The molecule has 2 heterocycles. The highest BCUT2D eigenvalue weighted by atomic mass is 127. The number of halogens is 2. The zero-order valence-electron chi connectivity index (χ0n) is 16.5. The summed E-state index contributed by atoms with van der Waals surface area (Å²) in [6, 6.07) is 8.90. The molecule has 2 saturated heterocycles. The lowest BCUT2D eigenvalue weighted by molar-refractivity contribution is 0.183. The van der Waals surface area contributed by atoms with E-state index in [1.807, 2.05) is 7.05 Å². The molecule has 2 N–H and O–H groups in total. The number of hydrogen-bond donors (Lipinski definition) is 2. The van der Waals surface area contributed by atoms with Gasteiger partial charge in [-0.1, -0.05) is 19.1 Å². The molecule has 2 unspecified atom stereocenters. The van der Waals surface area contributed by atoms with E-state index in [1.165, 1.54) is 36.1 Å². The van der Waals surface area contributed by atoms with E-state index in [0.717, 1.165) is 44.5 Å². The number of aliphatic imine (C=N–C) groups is 1. The van der Waals surface area contributed by atoms with Gasteiger partial charge in [0.25, 0.3) is 0 Å². The number of anilines is 1. The van der Waals surface area contributed by atoms with Crippen LogP contribution in [0.4, 0.5) is 5.69 Å². The summed E-state index contributed by atoms with van der Waals surface area (Å²) < 4.78 is 1.17. The normalized spacial score (nSPS) is 23.8. The maximum absolute atomic E-state index is 4.44. The molecule has 152 valence electrons. The van der Waals surface area contributed by atoms with E-state index in [9.17, 15) is 0 Å². The Morgan fingerprint density at radius 2 is 2.04 bits per heavy atom. The Morgan fingerprint density at radius 3 is 2.78 bits per heavy atom. The summed E-state index contributed by atoms with van der Waals surface area (Å²) in [5.41, 5.74) is 1.28. The first-order valence-electron chi connectivity index (χ1n) is 9.88. The van der Waals surface area contributed by atoms with Crippen LogP contribution in [0.25, 0.3) is 0 Å². The molecule has 2 fully saturated rings. The standard InChI is InChI=1S/C20H32BrN5.HI/c1-3-25-11-6-7-16(14-25)13-23-20(22-2)24-17-10-12-26(15-17)19-9-5-4-8-18(19)21;/h4-5,8-9,16-17H,3,6-7,10-15H2,1-2H3,(H2,22,23,24);1H. The van der Waals surface area contributed by atoms with E-state index in [1.54, 1.807) is 0 Å². The topological polar surface area (TPSA) is 42.9 Å². The summed E-state index contributed by atoms with van der Waals surface area (Å²) in [5, 5.41) is 7.18. The van der Waals surface area contributed by atoms with Crippen LogP contribution in [0.3, 0.4) is 0 Å². The minimum atomic E-state index is 0. The molecule has 2 aliphatic rings. The monoisotopic (exact) mass is 549 g/mol. The van der Waals surface area contributed by atoms with Crippen molar-refractivity contribution in [2.45, 2.75) is 32.2 Å². The van der Waals surface area contributed by atoms with E-state index in [2.05, 4.69) is 72.5 Å². The maximum Gasteiger partial charge on any atom is 0.191 e. The molecule has 1 aromatic carbocycles. The van der Waals surface area contributed by atoms with Gasteiger partial charge in [-0.3, -0.25) is 4.99 Å². The van der Waals surface area contributed by atoms with Crippen LogP contribution < -0.4 is 15.5 Å². The lowest BCUT2D eigenvalue weighted by Crippen LogP contribution is -2.47. The molecule has 27 heavy (non-hydrogen) atoms. The highest BCUT2D eigenvalue weighted by Gasteiger charge is 2.25. The summed E-state index contributed by atoms with van der Waals surface area (Å²) in [4.78, 5) is 9.44. The predicted molar refractivity (Wildman–Crippen MR) is 130 cm³/mol. The van der Waals surface area contributed by atoms with Gasteiger partial charge in [0.15, 0.2) is 5.96 Å². The molecular weight excluding hydrogens is 517 g/mol. The van der Waals surface area contributed by atoms with Crippen LogP contribution in [0, 0.1) is 5.92 Å². The van der Waals surface area contributed by atoms with Crippen molar-refractivity contribution < 1.29 is 0 Å². The van der Waals surface area contributed by atoms with Gasteiger partial charge in [0.05, 0.1) is 5.69 Å². The second-order valence-electron chi connectivity index (χ2n) is 7.38. The van der Waals surface area contributed by atoms with Crippen molar-refractivity contribution >= 4 is 51.6 Å². The van der Waals surface area contributed by atoms with Crippen molar-refractivity contribution in [2.24, 2.45) is 10.9 Å². The van der Waals surface area contributed by atoms with E-state index < -0.39 is 0 Å². The zero-order chi connectivity index (χ0) is 18.4. The number of para-hydroxylation sites is 1. The number of benzene rings is 1. The number of nitrogens with one attached hydrogen (secondary N) is 2. The average molecular weight is 550 g/mol. The van der Waals surface area contributed by atoms with Gasteiger partial charge >= 0.3 is 0 Å². The maximum atomic E-state index is 4.44. The molecule has 2 atom stereocenters. The fraction of sp³-hybridized carbons (Fsp3) is 0.650. The summed E-state index contributed by atoms with van der Waals surface area (Å²) in [7, 11) is 1.87. The fourth-order valence-corrected chi connectivity index (χ4v) is 4.57. The van der Waals surface area contributed by atoms with Crippen LogP contribution in [0.15, 0.2) is 33.7 Å². The molecule has 3 rings (SSSR count). The van der Waals surface area contributed by atoms with Crippen LogP contribution in [0.2, 0.25) is 0 Å². The Bertz CT molecular complexity index is 612. The lowest BCUT2D eigenvalue weighted by atomic mass is 9.98. The third kappa shape index (κ3) is 6.49. The van der Waals surface area contributed by atoms with Crippen LogP contribution in [-0.4, -0.2) is 63.2 Å². The smallest absolute Gasteiger partial charge is 0.191 e. The summed E-state index contributed by atoms with van der Waals surface area (Å²) in [6.45, 7) is 8.98.